The lowest BCUT2D eigenvalue weighted by atomic mass is 9.99. The summed E-state index contributed by atoms with van der Waals surface area (Å²) >= 11 is 0. The van der Waals surface area contributed by atoms with Crippen LogP contribution in [0.5, 0.6) is 0 Å². The third kappa shape index (κ3) is 2.27. The average Bonchev–Trinajstić information content (AvgIpc) is 3.09. The van der Waals surface area contributed by atoms with Crippen molar-refractivity contribution in [1.29, 1.82) is 0 Å². The predicted molar refractivity (Wildman–Crippen MR) is 79.7 cm³/mol. The van der Waals surface area contributed by atoms with Crippen molar-refractivity contribution >= 4 is 5.91 Å². The molecule has 7 nitrogen and oxygen atoms in total. The van der Waals surface area contributed by atoms with Crippen LogP contribution in [0.1, 0.15) is 23.2 Å². The van der Waals surface area contributed by atoms with Crippen molar-refractivity contribution in [3.8, 4) is 11.4 Å². The second-order valence-electron chi connectivity index (χ2n) is 6.16. The van der Waals surface area contributed by atoms with E-state index in [-0.39, 0.29) is 11.9 Å². The van der Waals surface area contributed by atoms with Crippen LogP contribution in [0, 0.1) is 11.8 Å². The normalized spacial score (nSPS) is 24.7. The van der Waals surface area contributed by atoms with Gasteiger partial charge in [0.15, 0.2) is 0 Å². The summed E-state index contributed by atoms with van der Waals surface area (Å²) in [5, 5.41) is 14.0. The largest absolute Gasteiger partial charge is 0.337 e. The Morgan fingerprint density at radius 2 is 2.09 bits per heavy atom. The molecular weight excluding hydrogens is 280 g/mol. The average molecular weight is 298 g/mol. The van der Waals surface area contributed by atoms with Gasteiger partial charge in [0.2, 0.25) is 5.82 Å². The highest BCUT2D eigenvalue weighted by molar-refractivity contribution is 6.00. The number of benzene rings is 1. The molecular formula is C15H18N6O. The first-order valence-corrected chi connectivity index (χ1v) is 7.61. The summed E-state index contributed by atoms with van der Waals surface area (Å²) in [6.07, 6.45) is 2.50. The van der Waals surface area contributed by atoms with Gasteiger partial charge in [-0.2, -0.15) is 5.21 Å². The standard InChI is InChI=1S/C15H18N6O/c16-13-8-21(7-12(13)9-5-6-9)15(22)11-4-2-1-3-10(11)14-17-19-20-18-14/h1-4,9,12-13H,5-8,16H2,(H,17,18,19,20)/t12-,13+/m0/s1. The number of aromatic nitrogens is 4. The molecule has 2 aliphatic rings. The molecule has 0 bridgehead atoms. The van der Waals surface area contributed by atoms with Crippen LogP contribution in [0.25, 0.3) is 11.4 Å². The molecule has 1 aromatic heterocycles. The SMILES string of the molecule is N[C@@H]1CN(C(=O)c2ccccc2-c2nn[nH]n2)C[C@H]1C1CC1. The fourth-order valence-electron chi connectivity index (χ4n) is 3.35. The second kappa shape index (κ2) is 5.17. The molecule has 2 fully saturated rings. The van der Waals surface area contributed by atoms with Crippen molar-refractivity contribution in [3.05, 3.63) is 29.8 Å². The molecule has 1 amide bonds. The molecule has 3 N–H and O–H groups in total. The summed E-state index contributed by atoms with van der Waals surface area (Å²) in [4.78, 5) is 14.7. The number of nitrogens with zero attached hydrogens (tertiary/aromatic N) is 4. The van der Waals surface area contributed by atoms with Gasteiger partial charge in [-0.1, -0.05) is 18.2 Å². The zero-order chi connectivity index (χ0) is 15.1. The molecule has 2 heterocycles. The molecule has 1 aliphatic heterocycles. The molecule has 22 heavy (non-hydrogen) atoms. The van der Waals surface area contributed by atoms with Gasteiger partial charge < -0.3 is 10.6 Å². The Bertz CT molecular complexity index is 681. The number of H-pyrrole nitrogens is 1. The van der Waals surface area contributed by atoms with Gasteiger partial charge in [-0.05, 0) is 36.0 Å². The van der Waals surface area contributed by atoms with Crippen LogP contribution in [0.4, 0.5) is 0 Å². The van der Waals surface area contributed by atoms with Crippen molar-refractivity contribution in [2.45, 2.75) is 18.9 Å². The van der Waals surface area contributed by atoms with Gasteiger partial charge in [0.1, 0.15) is 0 Å². The molecule has 1 aromatic carbocycles. The van der Waals surface area contributed by atoms with E-state index >= 15 is 0 Å². The lowest BCUT2D eigenvalue weighted by Gasteiger charge is -2.17. The van der Waals surface area contributed by atoms with Gasteiger partial charge in [0.05, 0.1) is 5.56 Å². The van der Waals surface area contributed by atoms with Gasteiger partial charge in [0, 0.05) is 24.7 Å². The van der Waals surface area contributed by atoms with Crippen molar-refractivity contribution in [2.75, 3.05) is 13.1 Å². The number of hydrogen-bond acceptors (Lipinski definition) is 5. The smallest absolute Gasteiger partial charge is 0.254 e. The van der Waals surface area contributed by atoms with Crippen molar-refractivity contribution in [2.24, 2.45) is 17.6 Å². The van der Waals surface area contributed by atoms with E-state index in [2.05, 4.69) is 20.6 Å². The number of amides is 1. The number of carbonyl (C=O) groups is 1. The molecule has 0 radical (unpaired) electrons. The Balaban J connectivity index is 1.61. The van der Waals surface area contributed by atoms with E-state index in [1.54, 1.807) is 0 Å². The van der Waals surface area contributed by atoms with Crippen LogP contribution in [-0.4, -0.2) is 50.6 Å². The first-order valence-electron chi connectivity index (χ1n) is 7.61. The molecule has 1 aliphatic carbocycles. The minimum Gasteiger partial charge on any atom is -0.337 e. The zero-order valence-corrected chi connectivity index (χ0v) is 12.1. The fraction of sp³-hybridized carbons (Fsp3) is 0.467. The molecule has 2 atom stereocenters. The summed E-state index contributed by atoms with van der Waals surface area (Å²) in [5.41, 5.74) is 7.53. The lowest BCUT2D eigenvalue weighted by Crippen LogP contribution is -2.32. The first kappa shape index (κ1) is 13.4. The van der Waals surface area contributed by atoms with E-state index in [1.165, 1.54) is 12.8 Å². The van der Waals surface area contributed by atoms with Crippen LogP contribution < -0.4 is 5.73 Å². The van der Waals surface area contributed by atoms with E-state index in [4.69, 9.17) is 5.73 Å². The minimum atomic E-state index is -0.000926. The van der Waals surface area contributed by atoms with E-state index in [0.29, 0.717) is 35.3 Å². The Morgan fingerprint density at radius 3 is 2.82 bits per heavy atom. The number of likely N-dealkylation sites (tertiary alicyclic amines) is 1. The predicted octanol–water partition coefficient (Wildman–Crippen LogP) is 0.676. The van der Waals surface area contributed by atoms with Gasteiger partial charge in [-0.25, -0.2) is 0 Å². The number of tetrazole rings is 1. The molecule has 2 aromatic rings. The van der Waals surface area contributed by atoms with Crippen LogP contribution >= 0.6 is 0 Å². The Hall–Kier alpha value is -2.28. The maximum absolute atomic E-state index is 12.9. The van der Waals surface area contributed by atoms with Crippen LogP contribution in [0.3, 0.4) is 0 Å². The third-order valence-electron chi connectivity index (χ3n) is 4.67. The summed E-state index contributed by atoms with van der Waals surface area (Å²) in [6, 6.07) is 7.46. The summed E-state index contributed by atoms with van der Waals surface area (Å²) < 4.78 is 0. The van der Waals surface area contributed by atoms with Crippen molar-refractivity contribution < 1.29 is 4.79 Å². The van der Waals surface area contributed by atoms with Crippen LogP contribution in [0.15, 0.2) is 24.3 Å². The third-order valence-corrected chi connectivity index (χ3v) is 4.67. The summed E-state index contributed by atoms with van der Waals surface area (Å²) in [5.74, 6) is 1.59. The van der Waals surface area contributed by atoms with E-state index in [9.17, 15) is 4.79 Å². The number of rotatable bonds is 3. The van der Waals surface area contributed by atoms with Gasteiger partial charge in [-0.3, -0.25) is 4.79 Å². The van der Waals surface area contributed by atoms with E-state index in [1.807, 2.05) is 29.2 Å². The molecule has 1 saturated carbocycles. The van der Waals surface area contributed by atoms with Crippen LogP contribution in [-0.2, 0) is 0 Å². The number of carbonyl (C=O) groups excluding carboxylic acids is 1. The van der Waals surface area contributed by atoms with Crippen molar-refractivity contribution in [1.82, 2.24) is 25.5 Å². The maximum atomic E-state index is 12.9. The van der Waals surface area contributed by atoms with Crippen LogP contribution in [0.2, 0.25) is 0 Å². The summed E-state index contributed by atoms with van der Waals surface area (Å²) in [6.45, 7) is 1.38. The first-order chi connectivity index (χ1) is 10.7. The zero-order valence-electron chi connectivity index (χ0n) is 12.1. The molecule has 0 spiro atoms. The van der Waals surface area contributed by atoms with E-state index < -0.39 is 0 Å². The fourth-order valence-corrected chi connectivity index (χ4v) is 3.35. The molecule has 7 heteroatoms. The quantitative estimate of drug-likeness (QED) is 0.867. The Morgan fingerprint density at radius 1 is 1.27 bits per heavy atom. The maximum Gasteiger partial charge on any atom is 0.254 e. The highest BCUT2D eigenvalue weighted by atomic mass is 16.2. The van der Waals surface area contributed by atoms with Gasteiger partial charge in [0.25, 0.3) is 5.91 Å². The Labute approximate surface area is 127 Å². The number of nitrogens with one attached hydrogen (secondary N) is 1. The highest BCUT2D eigenvalue weighted by Crippen LogP contribution is 2.41. The topological polar surface area (TPSA) is 101 Å². The summed E-state index contributed by atoms with van der Waals surface area (Å²) in [7, 11) is 0. The van der Waals surface area contributed by atoms with Crippen molar-refractivity contribution in [3.63, 3.8) is 0 Å². The monoisotopic (exact) mass is 298 g/mol. The molecule has 1 saturated heterocycles. The molecule has 0 unspecified atom stereocenters. The highest BCUT2D eigenvalue weighted by Gasteiger charge is 2.42. The number of aromatic amines is 1. The molecule has 4 rings (SSSR count). The molecule has 114 valence electrons. The van der Waals surface area contributed by atoms with Gasteiger partial charge >= 0.3 is 0 Å². The van der Waals surface area contributed by atoms with E-state index in [0.717, 1.165) is 6.54 Å². The Kier molecular flexibility index (Phi) is 3.15. The minimum absolute atomic E-state index is 0.000926. The number of hydrogen-bond donors (Lipinski definition) is 2. The van der Waals surface area contributed by atoms with Gasteiger partial charge in [-0.15, -0.1) is 10.2 Å². The number of nitrogens with two attached hydrogens (primary N) is 1. The lowest BCUT2D eigenvalue weighted by molar-refractivity contribution is 0.0785. The second-order valence-corrected chi connectivity index (χ2v) is 6.16.